The first-order valence-corrected chi connectivity index (χ1v) is 11.0. The van der Waals surface area contributed by atoms with Crippen molar-refractivity contribution in [2.45, 2.75) is 53.5 Å². The van der Waals surface area contributed by atoms with Crippen LogP contribution in [0.2, 0.25) is 0 Å². The Balaban J connectivity index is 0.00000172. The lowest BCUT2D eigenvalue weighted by Gasteiger charge is -2.31. The van der Waals surface area contributed by atoms with Gasteiger partial charge in [0.1, 0.15) is 6.04 Å². The van der Waals surface area contributed by atoms with Crippen LogP contribution >= 0.6 is 0 Å². The van der Waals surface area contributed by atoms with Crippen LogP contribution in [0.25, 0.3) is 10.9 Å². The lowest BCUT2D eigenvalue weighted by molar-refractivity contribution is -0.137. The van der Waals surface area contributed by atoms with Gasteiger partial charge in [-0.2, -0.15) is 0 Å². The summed E-state index contributed by atoms with van der Waals surface area (Å²) < 4.78 is 0. The van der Waals surface area contributed by atoms with Gasteiger partial charge in [-0.25, -0.2) is 5.48 Å². The number of nitrogens with one attached hydrogen (secondary N) is 3. The van der Waals surface area contributed by atoms with Gasteiger partial charge < -0.3 is 15.7 Å². The molecule has 0 radical (unpaired) electrons. The van der Waals surface area contributed by atoms with Crippen LogP contribution in [0.15, 0.2) is 36.5 Å². The Hall–Kier alpha value is -3.04. The minimum atomic E-state index is -0.778. The number of aromatic nitrogens is 1. The van der Waals surface area contributed by atoms with E-state index in [-0.39, 0.29) is 25.4 Å². The van der Waals surface area contributed by atoms with Gasteiger partial charge in [0.2, 0.25) is 17.7 Å². The van der Waals surface area contributed by atoms with E-state index in [4.69, 9.17) is 10.3 Å². The van der Waals surface area contributed by atoms with Gasteiger partial charge in [0.15, 0.2) is 0 Å². The number of hydrogen-bond donors (Lipinski definition) is 5. The average Bonchev–Trinajstić information content (AvgIpc) is 2.76. The molecule has 0 aliphatic heterocycles. The summed E-state index contributed by atoms with van der Waals surface area (Å²) in [6, 6.07) is 8.76. The highest BCUT2D eigenvalue weighted by Gasteiger charge is 2.34. The molecule has 0 spiro atoms. The third-order valence-electron chi connectivity index (χ3n) is 4.82. The van der Waals surface area contributed by atoms with Gasteiger partial charge in [0, 0.05) is 31.2 Å². The summed E-state index contributed by atoms with van der Waals surface area (Å²) in [5.74, 6) is -2.16. The first kappa shape index (κ1) is 28.0. The van der Waals surface area contributed by atoms with Crippen LogP contribution in [-0.4, -0.2) is 52.2 Å². The zero-order valence-corrected chi connectivity index (χ0v) is 20.0. The number of pyridine rings is 1. The van der Waals surface area contributed by atoms with Crippen molar-refractivity contribution in [3.8, 4) is 0 Å². The Morgan fingerprint density at radius 3 is 2.30 bits per heavy atom. The normalized spacial score (nSPS) is 12.7. The number of nitrogens with zero attached hydrogens (tertiary/aromatic N) is 1. The third-order valence-corrected chi connectivity index (χ3v) is 4.82. The number of hydroxylamine groups is 1. The summed E-state index contributed by atoms with van der Waals surface area (Å²) in [7, 11) is 0. The van der Waals surface area contributed by atoms with Gasteiger partial charge in [-0.15, -0.1) is 0 Å². The molecule has 9 heteroatoms. The molecule has 5 N–H and O–H groups in total. The van der Waals surface area contributed by atoms with Crippen LogP contribution in [0, 0.1) is 11.3 Å². The van der Waals surface area contributed by atoms with Crippen LogP contribution in [-0.2, 0) is 20.8 Å². The van der Waals surface area contributed by atoms with E-state index < -0.39 is 29.2 Å². The van der Waals surface area contributed by atoms with E-state index in [0.29, 0.717) is 6.54 Å². The molecule has 2 aromatic rings. The van der Waals surface area contributed by atoms with E-state index in [2.05, 4.69) is 15.6 Å². The van der Waals surface area contributed by atoms with E-state index in [9.17, 15) is 14.4 Å². The van der Waals surface area contributed by atoms with E-state index in [1.54, 1.807) is 25.5 Å². The third kappa shape index (κ3) is 9.15. The maximum Gasteiger partial charge on any atom is 0.244 e. The molecule has 0 fully saturated rings. The number of aliphatic hydroxyl groups is 1. The number of benzene rings is 1. The number of aliphatic hydroxyl groups excluding tert-OH is 1. The second-order valence-corrected chi connectivity index (χ2v) is 8.69. The van der Waals surface area contributed by atoms with Crippen LogP contribution < -0.4 is 16.1 Å². The smallest absolute Gasteiger partial charge is 0.244 e. The zero-order chi connectivity index (χ0) is 25.0. The van der Waals surface area contributed by atoms with Crippen molar-refractivity contribution in [2.75, 3.05) is 13.2 Å². The predicted molar refractivity (Wildman–Crippen MR) is 126 cm³/mol. The average molecular weight is 461 g/mol. The number of para-hydroxylation sites is 1. The van der Waals surface area contributed by atoms with Crippen molar-refractivity contribution in [2.24, 2.45) is 11.3 Å². The summed E-state index contributed by atoms with van der Waals surface area (Å²) in [5, 5.41) is 23.0. The fourth-order valence-corrected chi connectivity index (χ4v) is 3.25. The number of hydrogen-bond acceptors (Lipinski definition) is 6. The Kier molecular flexibility index (Phi) is 11.4. The molecule has 2 unspecified atom stereocenters. The molecule has 0 bridgehead atoms. The van der Waals surface area contributed by atoms with Gasteiger partial charge in [0.25, 0.3) is 0 Å². The molecule has 0 saturated carbocycles. The topological polar surface area (TPSA) is 141 Å². The quantitative estimate of drug-likeness (QED) is 0.301. The zero-order valence-electron chi connectivity index (χ0n) is 20.0. The van der Waals surface area contributed by atoms with Gasteiger partial charge in [0.05, 0.1) is 11.4 Å². The Morgan fingerprint density at radius 1 is 1.09 bits per heavy atom. The van der Waals surface area contributed by atoms with E-state index in [1.165, 1.54) is 0 Å². The Labute approximate surface area is 194 Å². The number of rotatable bonds is 8. The minimum Gasteiger partial charge on any atom is -0.397 e. The highest BCUT2D eigenvalue weighted by Crippen LogP contribution is 2.22. The van der Waals surface area contributed by atoms with Crippen LogP contribution in [0.1, 0.15) is 46.6 Å². The first-order valence-electron chi connectivity index (χ1n) is 11.0. The summed E-state index contributed by atoms with van der Waals surface area (Å²) in [4.78, 5) is 41.7. The number of carbonyl (C=O) groups is 3. The highest BCUT2D eigenvalue weighted by molar-refractivity contribution is 5.91. The van der Waals surface area contributed by atoms with Crippen LogP contribution in [0.5, 0.6) is 0 Å². The van der Waals surface area contributed by atoms with E-state index in [0.717, 1.165) is 16.5 Å². The molecule has 0 saturated heterocycles. The van der Waals surface area contributed by atoms with Crippen LogP contribution in [0.3, 0.4) is 0 Å². The van der Waals surface area contributed by atoms with Crippen molar-refractivity contribution in [3.05, 3.63) is 42.1 Å². The van der Waals surface area contributed by atoms with Crippen molar-refractivity contribution in [1.82, 2.24) is 21.1 Å². The number of carbonyl (C=O) groups excluding carboxylic acids is 3. The van der Waals surface area contributed by atoms with Gasteiger partial charge in [-0.1, -0.05) is 39.0 Å². The lowest BCUT2D eigenvalue weighted by atomic mass is 9.85. The molecular weight excluding hydrogens is 424 g/mol. The Morgan fingerprint density at radius 2 is 1.73 bits per heavy atom. The van der Waals surface area contributed by atoms with Crippen molar-refractivity contribution >= 4 is 28.6 Å². The van der Waals surface area contributed by atoms with Gasteiger partial charge >= 0.3 is 0 Å². The van der Waals surface area contributed by atoms with Gasteiger partial charge in [-0.3, -0.25) is 24.6 Å². The monoisotopic (exact) mass is 460 g/mol. The second kappa shape index (κ2) is 13.5. The molecule has 2 rings (SSSR count). The summed E-state index contributed by atoms with van der Waals surface area (Å²) in [5.41, 5.74) is 2.67. The fraction of sp³-hybridized carbons (Fsp3) is 0.500. The molecule has 3 amide bonds. The number of likely N-dealkylation sites (N-methyl/N-ethyl adjacent to an activating group) is 1. The number of fused-ring (bicyclic) bond motifs is 1. The standard InChI is InChI=1S/C22H30N4O4.C2H6O/c1-5-23-21(29)19(22(2,3)4)25-20(28)16(12-18(27)26-30)11-14-10-15-8-6-7-9-17(15)24-13-14;1-2-3/h6-10,13,16,19,30H,5,11-12H2,1-4H3,(H,23,29)(H,25,28)(H,26,27);3H,2H2,1H3. The van der Waals surface area contributed by atoms with E-state index >= 15 is 0 Å². The van der Waals surface area contributed by atoms with Gasteiger partial charge in [-0.05, 0) is 43.4 Å². The molecule has 1 aromatic carbocycles. The number of amides is 3. The van der Waals surface area contributed by atoms with Crippen molar-refractivity contribution in [3.63, 3.8) is 0 Å². The van der Waals surface area contributed by atoms with Crippen molar-refractivity contribution < 1.29 is 24.7 Å². The van der Waals surface area contributed by atoms with Crippen LogP contribution in [0.4, 0.5) is 0 Å². The molecule has 1 heterocycles. The Bertz CT molecular complexity index is 926. The summed E-state index contributed by atoms with van der Waals surface area (Å²) in [6.45, 7) is 9.75. The predicted octanol–water partition coefficient (Wildman–Crippen LogP) is 1.95. The SMILES string of the molecule is CCNC(=O)C(NC(=O)C(CC(=O)NO)Cc1cnc2ccccc2c1)C(C)(C)C.CCO. The minimum absolute atomic E-state index is 0.221. The van der Waals surface area contributed by atoms with Crippen molar-refractivity contribution in [1.29, 1.82) is 0 Å². The largest absolute Gasteiger partial charge is 0.397 e. The molecule has 0 aliphatic rings. The highest BCUT2D eigenvalue weighted by atomic mass is 16.5. The molecule has 0 aliphatic carbocycles. The molecule has 182 valence electrons. The van der Waals surface area contributed by atoms with E-state index in [1.807, 2.05) is 51.1 Å². The molecule has 33 heavy (non-hydrogen) atoms. The maximum atomic E-state index is 13.1. The maximum absolute atomic E-state index is 13.1. The molecular formula is C24H36N4O5. The lowest BCUT2D eigenvalue weighted by Crippen LogP contribution is -2.55. The summed E-state index contributed by atoms with van der Waals surface area (Å²) >= 11 is 0. The second-order valence-electron chi connectivity index (χ2n) is 8.69. The summed E-state index contributed by atoms with van der Waals surface area (Å²) in [6.07, 6.45) is 1.69. The first-order chi connectivity index (χ1) is 15.6. The molecule has 1 aromatic heterocycles. The fourth-order valence-electron chi connectivity index (χ4n) is 3.25. The molecule has 9 nitrogen and oxygen atoms in total. The molecule has 2 atom stereocenters.